The minimum absolute atomic E-state index is 0.0232. The molecule has 1 aliphatic rings. The highest BCUT2D eigenvalue weighted by Crippen LogP contribution is 2.39. The number of fused-ring (bicyclic) bond motifs is 1. The second-order valence-electron chi connectivity index (χ2n) is 14.9. The highest BCUT2D eigenvalue weighted by Gasteiger charge is 2.50. The number of anilines is 1. The van der Waals surface area contributed by atoms with E-state index in [4.69, 9.17) is 27.6 Å². The number of nitrogens with zero attached hydrogens (tertiary/aromatic N) is 5. The lowest BCUT2D eigenvalue weighted by molar-refractivity contribution is 0.136. The van der Waals surface area contributed by atoms with Crippen molar-refractivity contribution in [2.75, 3.05) is 24.5 Å². The van der Waals surface area contributed by atoms with Crippen LogP contribution < -0.4 is 21.0 Å². The minimum atomic E-state index is -2.81. The highest BCUT2D eigenvalue weighted by molar-refractivity contribution is 6.99. The summed E-state index contributed by atoms with van der Waals surface area (Å²) in [5, 5.41) is 12.7. The Kier molecular flexibility index (Phi) is 10.6. The van der Waals surface area contributed by atoms with Gasteiger partial charge in [-0.25, -0.2) is 19.1 Å². The molecule has 9 nitrogen and oxygen atoms in total. The fourth-order valence-corrected chi connectivity index (χ4v) is 12.4. The van der Waals surface area contributed by atoms with E-state index in [-0.39, 0.29) is 40.3 Å². The molecule has 1 atom stereocenters. The van der Waals surface area contributed by atoms with E-state index in [0.29, 0.717) is 35.7 Å². The molecule has 52 heavy (non-hydrogen) atoms. The molecular weight excluding hydrogens is 713 g/mol. The summed E-state index contributed by atoms with van der Waals surface area (Å²) in [6.07, 6.45) is -0.978. The Labute approximate surface area is 315 Å². The van der Waals surface area contributed by atoms with Crippen LogP contribution in [0.4, 0.5) is 10.6 Å². The third kappa shape index (κ3) is 6.85. The Morgan fingerprint density at radius 2 is 1.60 bits per heavy atom. The molecule has 0 unspecified atom stereocenters. The van der Waals surface area contributed by atoms with Gasteiger partial charge in [-0.1, -0.05) is 131 Å². The number of pyridine rings is 1. The summed E-state index contributed by atoms with van der Waals surface area (Å²) in [4.78, 5) is 38.5. The molecule has 0 radical (unpaired) electrons. The zero-order valence-electron chi connectivity index (χ0n) is 30.7. The first-order chi connectivity index (χ1) is 24.6. The lowest BCUT2D eigenvalue weighted by Crippen LogP contribution is -2.66. The van der Waals surface area contributed by atoms with Crippen molar-refractivity contribution in [3.05, 3.63) is 116 Å². The van der Waals surface area contributed by atoms with E-state index in [0.717, 1.165) is 16.7 Å². The fourth-order valence-electron chi connectivity index (χ4n) is 7.62. The number of hydrogen-bond acceptors (Lipinski definition) is 6. The molecule has 272 valence electrons. The average molecular weight is 759 g/mol. The number of carbonyl (C=O) groups is 1. The van der Waals surface area contributed by atoms with Crippen LogP contribution in [0.5, 0.6) is 0 Å². The molecule has 1 fully saturated rings. The third-order valence-electron chi connectivity index (χ3n) is 10.0. The number of aryl methyl sites for hydroxylation is 1. The molecule has 1 aliphatic heterocycles. The Bertz CT molecular complexity index is 2130. The van der Waals surface area contributed by atoms with Gasteiger partial charge >= 0.3 is 11.8 Å². The molecular formula is C40H45Cl2N5O4Si. The van der Waals surface area contributed by atoms with Gasteiger partial charge in [-0.05, 0) is 57.9 Å². The summed E-state index contributed by atoms with van der Waals surface area (Å²) >= 11 is 13.1. The first-order valence-corrected chi connectivity index (χ1v) is 20.2. The number of benzene rings is 3. The van der Waals surface area contributed by atoms with E-state index >= 15 is 0 Å². The number of amides is 1. The van der Waals surface area contributed by atoms with Crippen LogP contribution in [0.25, 0.3) is 16.7 Å². The van der Waals surface area contributed by atoms with Gasteiger partial charge in [-0.3, -0.25) is 0 Å². The summed E-state index contributed by atoms with van der Waals surface area (Å²) in [7, 11) is -2.81. The van der Waals surface area contributed by atoms with Gasteiger partial charge in [0.05, 0.1) is 22.7 Å². The maximum Gasteiger partial charge on any atom is 0.407 e. The number of halogens is 2. The van der Waals surface area contributed by atoms with Crippen LogP contribution in [0, 0.1) is 6.92 Å². The van der Waals surface area contributed by atoms with E-state index < -0.39 is 20.1 Å². The third-order valence-corrected chi connectivity index (χ3v) is 15.7. The Morgan fingerprint density at radius 1 is 0.981 bits per heavy atom. The second kappa shape index (κ2) is 14.7. The molecule has 1 N–H and O–H groups in total. The largest absolute Gasteiger partial charge is 0.465 e. The van der Waals surface area contributed by atoms with Crippen LogP contribution in [-0.2, 0) is 11.0 Å². The predicted molar refractivity (Wildman–Crippen MR) is 213 cm³/mol. The topological polar surface area (TPSA) is 101 Å². The first-order valence-electron chi connectivity index (χ1n) is 17.6. The molecule has 2 aromatic heterocycles. The van der Waals surface area contributed by atoms with Crippen molar-refractivity contribution in [2.24, 2.45) is 0 Å². The first kappa shape index (κ1) is 37.5. The van der Waals surface area contributed by atoms with Gasteiger partial charge < -0.3 is 19.3 Å². The molecule has 0 aliphatic carbocycles. The van der Waals surface area contributed by atoms with Crippen molar-refractivity contribution in [2.45, 2.75) is 72.1 Å². The quantitative estimate of drug-likeness (QED) is 0.127. The average Bonchev–Trinajstić information content (AvgIpc) is 3.09. The van der Waals surface area contributed by atoms with Gasteiger partial charge in [-0.15, -0.1) is 0 Å². The molecule has 5 aromatic rings. The monoisotopic (exact) mass is 757 g/mol. The second-order valence-corrected chi connectivity index (χ2v) is 20.0. The zero-order valence-corrected chi connectivity index (χ0v) is 33.2. The molecule has 3 heterocycles. The van der Waals surface area contributed by atoms with Gasteiger partial charge in [-0.2, -0.15) is 4.98 Å². The summed E-state index contributed by atoms with van der Waals surface area (Å²) in [6, 6.07) is 26.8. The van der Waals surface area contributed by atoms with Crippen molar-refractivity contribution in [3.8, 4) is 5.69 Å². The molecule has 0 saturated carbocycles. The standard InChI is InChI=1S/C40H45Cl2N5O4Si/c1-25(2)31-21-28(24-51-52(40(5,6)7,29-14-10-8-11-15-29)30-16-12-9-13-17-30)20-26(3)34(31)47-37-32(22-33(41)35(42)43-37)36(44-38(47)48)46-19-18-45(39(49)50)23-27(46)4/h8-17,20-22,25,27H,18-19,23-24H2,1-7H3,(H,49,50)/t27-/m0/s1. The smallest absolute Gasteiger partial charge is 0.407 e. The highest BCUT2D eigenvalue weighted by atomic mass is 35.5. The summed E-state index contributed by atoms with van der Waals surface area (Å²) in [5.41, 5.74) is 3.31. The van der Waals surface area contributed by atoms with Crippen LogP contribution in [0.1, 0.15) is 64.2 Å². The predicted octanol–water partition coefficient (Wildman–Crippen LogP) is 7.78. The number of rotatable bonds is 8. The van der Waals surface area contributed by atoms with Crippen LogP contribution in [-0.4, -0.2) is 64.6 Å². The van der Waals surface area contributed by atoms with E-state index in [1.165, 1.54) is 19.8 Å². The number of hydrogen-bond donors (Lipinski definition) is 1. The summed E-state index contributed by atoms with van der Waals surface area (Å²) in [6.45, 7) is 16.2. The number of carboxylic acid groups (broad SMARTS) is 1. The van der Waals surface area contributed by atoms with Gasteiger partial charge in [0.2, 0.25) is 0 Å². The molecule has 0 spiro atoms. The summed E-state index contributed by atoms with van der Waals surface area (Å²) < 4.78 is 8.83. The van der Waals surface area contributed by atoms with Crippen molar-refractivity contribution < 1.29 is 14.3 Å². The molecule has 3 aromatic carbocycles. The van der Waals surface area contributed by atoms with Crippen LogP contribution in [0.3, 0.4) is 0 Å². The normalized spacial score (nSPS) is 15.5. The van der Waals surface area contributed by atoms with Gasteiger partial charge in [0.25, 0.3) is 8.32 Å². The molecule has 6 rings (SSSR count). The van der Waals surface area contributed by atoms with Gasteiger partial charge in [0, 0.05) is 25.7 Å². The fraction of sp³-hybridized carbons (Fsp3) is 0.350. The SMILES string of the molecule is Cc1cc(CO[Si](c2ccccc2)(c2ccccc2)C(C)(C)C)cc(C(C)C)c1-n1c(=O)nc(N2CCN(C(=O)O)C[C@@H]2C)c2cc(Cl)c(Cl)nc21. The number of piperazine rings is 1. The lowest BCUT2D eigenvalue weighted by Gasteiger charge is -2.43. The molecule has 12 heteroatoms. The number of aromatic nitrogens is 3. The van der Waals surface area contributed by atoms with Crippen LogP contribution in [0.15, 0.2) is 83.7 Å². The Hall–Kier alpha value is -4.22. The van der Waals surface area contributed by atoms with E-state index in [1.54, 1.807) is 6.07 Å². The van der Waals surface area contributed by atoms with E-state index in [1.807, 2.05) is 30.9 Å². The van der Waals surface area contributed by atoms with Crippen molar-refractivity contribution in [1.29, 1.82) is 0 Å². The zero-order chi connectivity index (χ0) is 37.5. The van der Waals surface area contributed by atoms with Gasteiger partial charge in [0.1, 0.15) is 11.0 Å². The van der Waals surface area contributed by atoms with E-state index in [2.05, 4.69) is 105 Å². The molecule has 1 amide bonds. The Morgan fingerprint density at radius 3 is 2.13 bits per heavy atom. The Balaban J connectivity index is 1.48. The molecule has 0 bridgehead atoms. The summed E-state index contributed by atoms with van der Waals surface area (Å²) in [5.74, 6) is 0.425. The minimum Gasteiger partial charge on any atom is -0.465 e. The van der Waals surface area contributed by atoms with Crippen LogP contribution >= 0.6 is 23.2 Å². The molecule has 1 saturated heterocycles. The maximum absolute atomic E-state index is 14.3. The maximum atomic E-state index is 14.3. The van der Waals surface area contributed by atoms with Gasteiger partial charge in [0.15, 0.2) is 5.65 Å². The van der Waals surface area contributed by atoms with Crippen molar-refractivity contribution >= 4 is 64.8 Å². The van der Waals surface area contributed by atoms with Crippen molar-refractivity contribution in [1.82, 2.24) is 19.4 Å². The lowest BCUT2D eigenvalue weighted by atomic mass is 9.95. The van der Waals surface area contributed by atoms with E-state index in [9.17, 15) is 14.7 Å². The van der Waals surface area contributed by atoms with Crippen molar-refractivity contribution in [3.63, 3.8) is 0 Å². The van der Waals surface area contributed by atoms with Crippen LogP contribution in [0.2, 0.25) is 15.2 Å².